The molecule has 0 spiro atoms. The van der Waals surface area contributed by atoms with Crippen LogP contribution < -0.4 is 10.6 Å². The maximum Gasteiger partial charge on any atom is 0.270 e. The Kier molecular flexibility index (Phi) is 5.26. The molecule has 0 radical (unpaired) electrons. The lowest BCUT2D eigenvalue weighted by atomic mass is 10.1. The van der Waals surface area contributed by atoms with Crippen LogP contribution in [-0.2, 0) is 18.4 Å². The van der Waals surface area contributed by atoms with Crippen LogP contribution in [0.4, 0.5) is 5.69 Å². The number of amides is 2. The van der Waals surface area contributed by atoms with E-state index in [1.807, 2.05) is 66.3 Å². The molecule has 4 aromatic rings. The number of benzene rings is 1. The van der Waals surface area contributed by atoms with Crippen LogP contribution in [0.15, 0.2) is 67.1 Å². The number of pyridine rings is 2. The predicted molar refractivity (Wildman–Crippen MR) is 116 cm³/mol. The van der Waals surface area contributed by atoms with Crippen molar-refractivity contribution in [3.05, 3.63) is 78.4 Å². The van der Waals surface area contributed by atoms with Crippen LogP contribution in [0.25, 0.3) is 22.2 Å². The molecule has 0 bridgehead atoms. The van der Waals surface area contributed by atoms with E-state index >= 15 is 0 Å². The van der Waals surface area contributed by atoms with E-state index < -0.39 is 0 Å². The average molecular weight is 399 g/mol. The fourth-order valence-electron chi connectivity index (χ4n) is 3.31. The highest BCUT2D eigenvalue weighted by molar-refractivity contribution is 6.05. The summed E-state index contributed by atoms with van der Waals surface area (Å²) in [6.45, 7) is 1.83. The van der Waals surface area contributed by atoms with Crippen LogP contribution in [0.2, 0.25) is 0 Å². The Morgan fingerprint density at radius 2 is 1.97 bits per heavy atom. The van der Waals surface area contributed by atoms with E-state index in [0.717, 1.165) is 22.0 Å². The van der Waals surface area contributed by atoms with Gasteiger partial charge in [-0.2, -0.15) is 0 Å². The second-order valence-corrected chi connectivity index (χ2v) is 7.02. The quantitative estimate of drug-likeness (QED) is 0.537. The van der Waals surface area contributed by atoms with Crippen molar-refractivity contribution in [3.8, 4) is 11.3 Å². The normalized spacial score (nSPS) is 10.7. The number of rotatable bonds is 5. The predicted octanol–water partition coefficient (Wildman–Crippen LogP) is 3.52. The zero-order valence-electron chi connectivity index (χ0n) is 16.7. The van der Waals surface area contributed by atoms with Crippen LogP contribution in [-0.4, -0.2) is 26.3 Å². The Morgan fingerprint density at radius 1 is 1.10 bits per heavy atom. The van der Waals surface area contributed by atoms with Crippen molar-refractivity contribution < 1.29 is 9.59 Å². The zero-order chi connectivity index (χ0) is 21.1. The lowest BCUT2D eigenvalue weighted by molar-refractivity contribution is -0.114. The summed E-state index contributed by atoms with van der Waals surface area (Å²) in [5.74, 6) is -0.400. The Balaban J connectivity index is 1.71. The van der Waals surface area contributed by atoms with Crippen molar-refractivity contribution in [1.29, 1.82) is 0 Å². The standard InChI is InChI=1S/C23H21N5O2/c1-15(29)26-18-7-3-6-17(11-18)20-12-21-19(8-10-28(21)2)22(27-20)23(30)25-14-16-5-4-9-24-13-16/h3-13H,14H2,1-2H3,(H,25,30)(H,26,29). The van der Waals surface area contributed by atoms with Gasteiger partial charge < -0.3 is 15.2 Å². The Bertz CT molecular complexity index is 1230. The number of carbonyl (C=O) groups is 2. The maximum atomic E-state index is 13.0. The lowest BCUT2D eigenvalue weighted by Crippen LogP contribution is -2.24. The lowest BCUT2D eigenvalue weighted by Gasteiger charge is -2.10. The molecule has 150 valence electrons. The second kappa shape index (κ2) is 8.16. The molecule has 0 aliphatic carbocycles. The number of fused-ring (bicyclic) bond motifs is 1. The summed E-state index contributed by atoms with van der Waals surface area (Å²) < 4.78 is 1.95. The van der Waals surface area contributed by atoms with Gasteiger partial charge in [0.1, 0.15) is 5.69 Å². The van der Waals surface area contributed by atoms with Crippen LogP contribution >= 0.6 is 0 Å². The molecule has 0 fully saturated rings. The molecule has 0 saturated carbocycles. The molecule has 0 unspecified atom stereocenters. The number of aromatic nitrogens is 3. The van der Waals surface area contributed by atoms with Crippen LogP contribution in [0.5, 0.6) is 0 Å². The number of hydrogen-bond acceptors (Lipinski definition) is 4. The Hall–Kier alpha value is -4.00. The first-order valence-electron chi connectivity index (χ1n) is 9.52. The van der Waals surface area contributed by atoms with Gasteiger partial charge in [0.15, 0.2) is 0 Å². The molecular weight excluding hydrogens is 378 g/mol. The molecular formula is C23H21N5O2. The minimum absolute atomic E-state index is 0.145. The summed E-state index contributed by atoms with van der Waals surface area (Å²) in [5.41, 5.74) is 4.31. The molecule has 0 aliphatic heterocycles. The smallest absolute Gasteiger partial charge is 0.270 e. The molecule has 1 aromatic carbocycles. The summed E-state index contributed by atoms with van der Waals surface area (Å²) in [6, 6.07) is 15.0. The van der Waals surface area contributed by atoms with E-state index in [1.54, 1.807) is 12.4 Å². The van der Waals surface area contributed by atoms with Crippen molar-refractivity contribution in [3.63, 3.8) is 0 Å². The molecule has 7 heteroatoms. The minimum atomic E-state index is -0.255. The third-order valence-corrected chi connectivity index (χ3v) is 4.75. The summed E-state index contributed by atoms with van der Waals surface area (Å²) in [6.07, 6.45) is 5.32. The van der Waals surface area contributed by atoms with Gasteiger partial charge in [-0.05, 0) is 35.9 Å². The van der Waals surface area contributed by atoms with Gasteiger partial charge in [-0.25, -0.2) is 4.98 Å². The maximum absolute atomic E-state index is 13.0. The van der Waals surface area contributed by atoms with Gasteiger partial charge in [0.05, 0.1) is 11.2 Å². The third-order valence-electron chi connectivity index (χ3n) is 4.75. The van der Waals surface area contributed by atoms with Crippen LogP contribution in [0.1, 0.15) is 23.0 Å². The monoisotopic (exact) mass is 399 g/mol. The molecule has 30 heavy (non-hydrogen) atoms. The van der Waals surface area contributed by atoms with E-state index in [4.69, 9.17) is 0 Å². The van der Waals surface area contributed by atoms with Crippen molar-refractivity contribution >= 4 is 28.4 Å². The summed E-state index contributed by atoms with van der Waals surface area (Å²) in [7, 11) is 1.93. The molecule has 2 amide bonds. The van der Waals surface area contributed by atoms with E-state index in [9.17, 15) is 9.59 Å². The van der Waals surface area contributed by atoms with Crippen molar-refractivity contribution in [1.82, 2.24) is 19.9 Å². The first-order valence-corrected chi connectivity index (χ1v) is 9.52. The zero-order valence-corrected chi connectivity index (χ0v) is 16.7. The van der Waals surface area contributed by atoms with Gasteiger partial charge in [0, 0.05) is 55.7 Å². The number of nitrogens with zero attached hydrogens (tertiary/aromatic N) is 3. The number of anilines is 1. The molecule has 3 aromatic heterocycles. The van der Waals surface area contributed by atoms with E-state index in [1.165, 1.54) is 6.92 Å². The van der Waals surface area contributed by atoms with Crippen molar-refractivity contribution in [2.75, 3.05) is 5.32 Å². The first kappa shape index (κ1) is 19.3. The Labute approximate surface area is 173 Å². The van der Waals surface area contributed by atoms with Gasteiger partial charge in [-0.3, -0.25) is 14.6 Å². The highest BCUT2D eigenvalue weighted by Crippen LogP contribution is 2.27. The van der Waals surface area contributed by atoms with Crippen LogP contribution in [0.3, 0.4) is 0 Å². The highest BCUT2D eigenvalue weighted by atomic mass is 16.2. The highest BCUT2D eigenvalue weighted by Gasteiger charge is 2.16. The van der Waals surface area contributed by atoms with Crippen molar-refractivity contribution in [2.45, 2.75) is 13.5 Å². The topological polar surface area (TPSA) is 88.9 Å². The SMILES string of the molecule is CC(=O)Nc1cccc(-c2cc3c(ccn3C)c(C(=O)NCc3cccnc3)n2)c1. The molecule has 0 aliphatic rings. The average Bonchev–Trinajstić information content (AvgIpc) is 3.12. The van der Waals surface area contributed by atoms with Gasteiger partial charge >= 0.3 is 0 Å². The fourth-order valence-corrected chi connectivity index (χ4v) is 3.31. The van der Waals surface area contributed by atoms with E-state index in [-0.39, 0.29) is 11.8 Å². The summed E-state index contributed by atoms with van der Waals surface area (Å²) in [4.78, 5) is 33.1. The fraction of sp³-hybridized carbons (Fsp3) is 0.130. The number of hydrogen-bond donors (Lipinski definition) is 2. The van der Waals surface area contributed by atoms with Gasteiger partial charge in [-0.15, -0.1) is 0 Å². The van der Waals surface area contributed by atoms with E-state index in [0.29, 0.717) is 23.6 Å². The Morgan fingerprint density at radius 3 is 2.73 bits per heavy atom. The van der Waals surface area contributed by atoms with Crippen molar-refractivity contribution in [2.24, 2.45) is 7.05 Å². The van der Waals surface area contributed by atoms with Gasteiger partial charge in [0.25, 0.3) is 5.91 Å². The first-order chi connectivity index (χ1) is 14.5. The molecule has 3 heterocycles. The number of nitrogens with one attached hydrogen (secondary N) is 2. The number of carbonyl (C=O) groups excluding carboxylic acids is 2. The third kappa shape index (κ3) is 4.05. The number of aryl methyl sites for hydroxylation is 1. The van der Waals surface area contributed by atoms with Crippen LogP contribution in [0, 0.1) is 0 Å². The molecule has 4 rings (SSSR count). The largest absolute Gasteiger partial charge is 0.350 e. The molecule has 0 saturated heterocycles. The molecule has 2 N–H and O–H groups in total. The minimum Gasteiger partial charge on any atom is -0.350 e. The van der Waals surface area contributed by atoms with Gasteiger partial charge in [0.2, 0.25) is 5.91 Å². The molecule has 7 nitrogen and oxygen atoms in total. The molecule has 0 atom stereocenters. The second-order valence-electron chi connectivity index (χ2n) is 7.02. The van der Waals surface area contributed by atoms with Gasteiger partial charge in [-0.1, -0.05) is 18.2 Å². The summed E-state index contributed by atoms with van der Waals surface area (Å²) in [5, 5.41) is 6.48. The van der Waals surface area contributed by atoms with E-state index in [2.05, 4.69) is 20.6 Å². The summed E-state index contributed by atoms with van der Waals surface area (Å²) >= 11 is 0.